The van der Waals surface area contributed by atoms with Crippen molar-refractivity contribution in [1.82, 2.24) is 19.9 Å². The summed E-state index contributed by atoms with van der Waals surface area (Å²) in [5, 5.41) is 4.70. The molecule has 0 aliphatic rings. The Hall–Kier alpha value is -7.30. The lowest BCUT2D eigenvalue weighted by Crippen LogP contribution is -2.00. The number of fused-ring (bicyclic) bond motifs is 4. The van der Waals surface area contributed by atoms with Crippen LogP contribution in [0.15, 0.2) is 170 Å². The molecule has 58 heavy (non-hydrogen) atoms. The molecule has 0 bridgehead atoms. The minimum atomic E-state index is 0.712. The Balaban J connectivity index is 1.02. The zero-order valence-electron chi connectivity index (χ0n) is 33.0. The van der Waals surface area contributed by atoms with Crippen molar-refractivity contribution in [3.63, 3.8) is 0 Å². The first-order valence-electron chi connectivity index (χ1n) is 19.8. The predicted octanol–water partition coefficient (Wildman–Crippen LogP) is 14.0. The van der Waals surface area contributed by atoms with Gasteiger partial charge < -0.3 is 0 Å². The zero-order valence-corrected chi connectivity index (χ0v) is 33.0. The number of rotatable bonds is 6. The predicted molar refractivity (Wildman–Crippen MR) is 242 cm³/mol. The molecule has 0 spiro atoms. The maximum absolute atomic E-state index is 5.44. The van der Waals surface area contributed by atoms with Gasteiger partial charge >= 0.3 is 0 Å². The van der Waals surface area contributed by atoms with Crippen molar-refractivity contribution in [1.29, 1.82) is 0 Å². The van der Waals surface area contributed by atoms with E-state index in [2.05, 4.69) is 161 Å². The Morgan fingerprint density at radius 2 is 0.776 bits per heavy atom. The van der Waals surface area contributed by atoms with Crippen LogP contribution in [0.4, 0.5) is 0 Å². The maximum Gasteiger partial charge on any atom is 0.160 e. The van der Waals surface area contributed by atoms with Crippen molar-refractivity contribution in [3.05, 3.63) is 192 Å². The molecule has 0 aliphatic heterocycles. The highest BCUT2D eigenvalue weighted by Gasteiger charge is 2.19. The van der Waals surface area contributed by atoms with E-state index in [4.69, 9.17) is 19.9 Å². The summed E-state index contributed by atoms with van der Waals surface area (Å²) >= 11 is 0. The molecule has 4 heteroatoms. The van der Waals surface area contributed by atoms with E-state index in [1.165, 1.54) is 33.0 Å². The molecule has 0 unspecified atom stereocenters. The van der Waals surface area contributed by atoms with E-state index < -0.39 is 0 Å². The van der Waals surface area contributed by atoms with Crippen molar-refractivity contribution >= 4 is 32.6 Å². The summed E-state index contributed by atoms with van der Waals surface area (Å²) in [6.07, 6.45) is 0. The molecule has 10 aromatic rings. The largest absolute Gasteiger partial charge is 0.245 e. The normalized spacial score (nSPS) is 11.4. The Labute approximate surface area is 338 Å². The summed E-state index contributed by atoms with van der Waals surface area (Å²) in [6.45, 7) is 8.80. The van der Waals surface area contributed by atoms with E-state index >= 15 is 0 Å². The average Bonchev–Trinajstić information content (AvgIpc) is 3.29. The second-order valence-corrected chi connectivity index (χ2v) is 15.2. The van der Waals surface area contributed by atoms with Crippen LogP contribution in [-0.4, -0.2) is 19.9 Å². The highest BCUT2D eigenvalue weighted by Crippen LogP contribution is 2.38. The molecule has 0 saturated heterocycles. The lowest BCUT2D eigenvalue weighted by atomic mass is 9.93. The summed E-state index contributed by atoms with van der Waals surface area (Å²) in [6, 6.07) is 59.5. The number of aromatic nitrogens is 4. The van der Waals surface area contributed by atoms with Gasteiger partial charge in [0.2, 0.25) is 0 Å². The standard InChI is InChI=1S/C54H40N4/c1-33-35(3)50(57-52-44(33)30-31-45-34(2)36(4)51(58-53(45)52)47-21-13-19-39-14-11-12-20-46(39)47)42-28-24-38(25-29-42)37-22-26-41(27-23-37)49-32-48(40-15-7-5-8-16-40)55-54(56-49)43-17-9-6-10-18-43/h5-32H,1-4H3. The Bertz CT molecular complexity index is 3110. The van der Waals surface area contributed by atoms with Gasteiger partial charge in [0, 0.05) is 38.6 Å². The SMILES string of the molecule is Cc1c(-c2ccc(-c3ccc(-c4cc(-c5ccccc5)nc(-c5ccccc5)n4)cc3)cc2)nc2c(ccc3c(C)c(C)c(-c4cccc5ccccc45)nc32)c1C. The van der Waals surface area contributed by atoms with Gasteiger partial charge in [0.1, 0.15) is 0 Å². The fourth-order valence-electron chi connectivity index (χ4n) is 8.26. The van der Waals surface area contributed by atoms with Crippen LogP contribution >= 0.6 is 0 Å². The summed E-state index contributed by atoms with van der Waals surface area (Å²) in [4.78, 5) is 20.9. The van der Waals surface area contributed by atoms with E-state index in [1.807, 2.05) is 36.4 Å². The molecule has 3 aromatic heterocycles. The van der Waals surface area contributed by atoms with Crippen molar-refractivity contribution < 1.29 is 0 Å². The monoisotopic (exact) mass is 744 g/mol. The number of aryl methyl sites for hydroxylation is 2. The van der Waals surface area contributed by atoms with Crippen LogP contribution in [-0.2, 0) is 0 Å². The van der Waals surface area contributed by atoms with E-state index in [0.29, 0.717) is 5.82 Å². The molecule has 0 saturated carbocycles. The van der Waals surface area contributed by atoms with Gasteiger partial charge in [-0.1, -0.05) is 164 Å². The number of pyridine rings is 2. The highest BCUT2D eigenvalue weighted by molar-refractivity contribution is 6.08. The van der Waals surface area contributed by atoms with Crippen LogP contribution < -0.4 is 0 Å². The molecule has 0 radical (unpaired) electrons. The van der Waals surface area contributed by atoms with E-state index in [0.717, 1.165) is 83.5 Å². The van der Waals surface area contributed by atoms with Crippen molar-refractivity contribution in [2.45, 2.75) is 27.7 Å². The molecule has 0 N–H and O–H groups in total. The lowest BCUT2D eigenvalue weighted by molar-refractivity contribution is 1.18. The number of nitrogens with zero attached hydrogens (tertiary/aromatic N) is 4. The van der Waals surface area contributed by atoms with Crippen LogP contribution in [0.3, 0.4) is 0 Å². The van der Waals surface area contributed by atoms with Crippen molar-refractivity contribution in [3.8, 4) is 67.5 Å². The quantitative estimate of drug-likeness (QED) is 0.159. The molecule has 0 aliphatic carbocycles. The first-order chi connectivity index (χ1) is 28.4. The number of hydrogen-bond acceptors (Lipinski definition) is 4. The topological polar surface area (TPSA) is 51.6 Å². The Morgan fingerprint density at radius 1 is 0.310 bits per heavy atom. The smallest absolute Gasteiger partial charge is 0.160 e. The van der Waals surface area contributed by atoms with Crippen molar-refractivity contribution in [2.24, 2.45) is 0 Å². The highest BCUT2D eigenvalue weighted by atomic mass is 14.9. The summed E-state index contributed by atoms with van der Waals surface area (Å²) in [5.74, 6) is 0.712. The van der Waals surface area contributed by atoms with Gasteiger partial charge in [0.25, 0.3) is 0 Å². The number of hydrogen-bond donors (Lipinski definition) is 0. The second kappa shape index (κ2) is 14.3. The Kier molecular flexibility index (Phi) is 8.68. The average molecular weight is 745 g/mol. The molecule has 7 aromatic carbocycles. The molecule has 10 rings (SSSR count). The van der Waals surface area contributed by atoms with Crippen LogP contribution in [0.2, 0.25) is 0 Å². The Morgan fingerprint density at radius 3 is 1.40 bits per heavy atom. The third kappa shape index (κ3) is 6.11. The van der Waals surface area contributed by atoms with Gasteiger partial charge in [-0.05, 0) is 77.9 Å². The number of benzene rings is 7. The first-order valence-corrected chi connectivity index (χ1v) is 19.8. The summed E-state index contributed by atoms with van der Waals surface area (Å²) in [5.41, 5.74) is 18.1. The molecule has 4 nitrogen and oxygen atoms in total. The summed E-state index contributed by atoms with van der Waals surface area (Å²) < 4.78 is 0. The first kappa shape index (κ1) is 35.1. The van der Waals surface area contributed by atoms with Gasteiger partial charge in [-0.25, -0.2) is 19.9 Å². The van der Waals surface area contributed by atoms with Crippen LogP contribution in [0.5, 0.6) is 0 Å². The zero-order chi connectivity index (χ0) is 39.3. The third-order valence-electron chi connectivity index (χ3n) is 11.8. The van der Waals surface area contributed by atoms with Gasteiger partial charge in [-0.2, -0.15) is 0 Å². The van der Waals surface area contributed by atoms with Gasteiger partial charge in [0.15, 0.2) is 5.82 Å². The molecule has 0 amide bonds. The third-order valence-corrected chi connectivity index (χ3v) is 11.8. The lowest BCUT2D eigenvalue weighted by Gasteiger charge is -2.17. The second-order valence-electron chi connectivity index (χ2n) is 15.2. The van der Waals surface area contributed by atoms with E-state index in [9.17, 15) is 0 Å². The minimum absolute atomic E-state index is 0.712. The van der Waals surface area contributed by atoms with Crippen LogP contribution in [0.25, 0.3) is 100 Å². The fraction of sp³-hybridized carbons (Fsp3) is 0.0741. The van der Waals surface area contributed by atoms with Crippen molar-refractivity contribution in [2.75, 3.05) is 0 Å². The van der Waals surface area contributed by atoms with E-state index in [1.54, 1.807) is 0 Å². The van der Waals surface area contributed by atoms with Gasteiger partial charge in [0.05, 0.1) is 33.8 Å². The minimum Gasteiger partial charge on any atom is -0.245 e. The molecular formula is C54H40N4. The molecular weight excluding hydrogens is 705 g/mol. The van der Waals surface area contributed by atoms with Crippen LogP contribution in [0, 0.1) is 27.7 Å². The molecule has 3 heterocycles. The maximum atomic E-state index is 5.44. The molecule has 276 valence electrons. The van der Waals surface area contributed by atoms with Gasteiger partial charge in [-0.15, -0.1) is 0 Å². The molecule has 0 fully saturated rings. The fourth-order valence-corrected chi connectivity index (χ4v) is 8.26. The van der Waals surface area contributed by atoms with Gasteiger partial charge in [-0.3, -0.25) is 0 Å². The van der Waals surface area contributed by atoms with E-state index in [-0.39, 0.29) is 0 Å². The summed E-state index contributed by atoms with van der Waals surface area (Å²) in [7, 11) is 0. The van der Waals surface area contributed by atoms with Crippen LogP contribution in [0.1, 0.15) is 22.3 Å². The molecule has 0 atom stereocenters.